The summed E-state index contributed by atoms with van der Waals surface area (Å²) in [5.74, 6) is 0.875. The van der Waals surface area contributed by atoms with Crippen LogP contribution in [0.4, 0.5) is 11.5 Å². The highest BCUT2D eigenvalue weighted by Gasteiger charge is 2.20. The number of hydrogen-bond donors (Lipinski definition) is 2. The second-order valence-electron chi connectivity index (χ2n) is 3.72. The normalized spacial score (nSPS) is 11.4. The van der Waals surface area contributed by atoms with Crippen molar-refractivity contribution in [2.75, 3.05) is 30.5 Å². The van der Waals surface area contributed by atoms with Gasteiger partial charge in [-0.05, 0) is 6.26 Å². The van der Waals surface area contributed by atoms with Gasteiger partial charge in [-0.1, -0.05) is 5.16 Å². The molecule has 19 heavy (non-hydrogen) atoms. The number of nitrogens with two attached hydrogens (primary N) is 1. The first-order valence-corrected chi connectivity index (χ1v) is 6.73. The van der Waals surface area contributed by atoms with Crippen molar-refractivity contribution in [3.8, 4) is 0 Å². The third kappa shape index (κ3) is 3.71. The van der Waals surface area contributed by atoms with E-state index in [1.807, 2.05) is 6.26 Å². The van der Waals surface area contributed by atoms with Crippen LogP contribution in [0.15, 0.2) is 17.4 Å². The molecule has 0 saturated heterocycles. The number of nitrogens with zero attached hydrogens (tertiary/aromatic N) is 4. The quantitative estimate of drug-likeness (QED) is 0.262. The van der Waals surface area contributed by atoms with E-state index in [1.54, 1.807) is 23.7 Å². The molecule has 0 aromatic carbocycles. The Morgan fingerprint density at radius 3 is 2.95 bits per heavy atom. The molecular weight excluding hydrogens is 270 g/mol. The lowest BCUT2D eigenvalue weighted by Gasteiger charge is -2.17. The van der Waals surface area contributed by atoms with Crippen LogP contribution in [-0.4, -0.2) is 46.6 Å². The summed E-state index contributed by atoms with van der Waals surface area (Å²) in [4.78, 5) is 16.2. The number of anilines is 1. The zero-order chi connectivity index (χ0) is 14.4. The van der Waals surface area contributed by atoms with Gasteiger partial charge in [0.15, 0.2) is 5.84 Å². The largest absolute Gasteiger partial charge is 0.409 e. The second kappa shape index (κ2) is 6.78. The van der Waals surface area contributed by atoms with Gasteiger partial charge in [0.25, 0.3) is 0 Å². The van der Waals surface area contributed by atoms with Crippen LogP contribution in [0.25, 0.3) is 0 Å². The summed E-state index contributed by atoms with van der Waals surface area (Å²) in [5, 5.41) is 22.4. The van der Waals surface area contributed by atoms with Gasteiger partial charge < -0.3 is 15.8 Å². The molecule has 0 atom stereocenters. The maximum atomic E-state index is 11.1. The maximum absolute atomic E-state index is 11.1. The molecule has 0 bridgehead atoms. The molecule has 0 unspecified atom stereocenters. The zero-order valence-corrected chi connectivity index (χ0v) is 11.4. The number of rotatable bonds is 6. The molecule has 1 rings (SSSR count). The van der Waals surface area contributed by atoms with Crippen molar-refractivity contribution < 1.29 is 10.1 Å². The van der Waals surface area contributed by atoms with E-state index in [1.165, 1.54) is 12.3 Å². The molecule has 0 radical (unpaired) electrons. The number of amidine groups is 1. The Labute approximate surface area is 114 Å². The zero-order valence-electron chi connectivity index (χ0n) is 10.6. The fourth-order valence-electron chi connectivity index (χ4n) is 1.41. The molecule has 0 aliphatic rings. The second-order valence-corrected chi connectivity index (χ2v) is 4.71. The molecule has 1 aromatic heterocycles. The molecule has 0 saturated carbocycles. The van der Waals surface area contributed by atoms with Crippen LogP contribution in [0.5, 0.6) is 0 Å². The van der Waals surface area contributed by atoms with E-state index in [0.29, 0.717) is 6.54 Å². The highest BCUT2D eigenvalue weighted by molar-refractivity contribution is 7.98. The van der Waals surface area contributed by atoms with Gasteiger partial charge >= 0.3 is 5.69 Å². The van der Waals surface area contributed by atoms with Gasteiger partial charge in [0.2, 0.25) is 5.82 Å². The first-order valence-electron chi connectivity index (χ1n) is 5.33. The van der Waals surface area contributed by atoms with Crippen LogP contribution in [-0.2, 0) is 0 Å². The van der Waals surface area contributed by atoms with Gasteiger partial charge in [-0.25, -0.2) is 4.98 Å². The van der Waals surface area contributed by atoms with Gasteiger partial charge in [-0.15, -0.1) is 0 Å². The summed E-state index contributed by atoms with van der Waals surface area (Å²) in [6.07, 6.45) is 3.30. The predicted octanol–water partition coefficient (Wildman–Crippen LogP) is 0.883. The van der Waals surface area contributed by atoms with Gasteiger partial charge in [0, 0.05) is 37.2 Å². The molecule has 9 heteroatoms. The summed E-state index contributed by atoms with van der Waals surface area (Å²) in [6, 6.07) is 1.24. The van der Waals surface area contributed by atoms with Crippen molar-refractivity contribution in [2.45, 2.75) is 0 Å². The molecule has 0 spiro atoms. The summed E-state index contributed by atoms with van der Waals surface area (Å²) in [5.41, 5.74) is 5.42. The van der Waals surface area contributed by atoms with Crippen LogP contribution in [0, 0.1) is 10.1 Å². The van der Waals surface area contributed by atoms with Crippen LogP contribution in [0.2, 0.25) is 0 Å². The summed E-state index contributed by atoms with van der Waals surface area (Å²) >= 11 is 1.64. The van der Waals surface area contributed by atoms with Crippen LogP contribution in [0.3, 0.4) is 0 Å². The summed E-state index contributed by atoms with van der Waals surface area (Å²) in [6.45, 7) is 0.637. The van der Waals surface area contributed by atoms with Crippen molar-refractivity contribution in [1.29, 1.82) is 0 Å². The van der Waals surface area contributed by atoms with E-state index >= 15 is 0 Å². The maximum Gasteiger partial charge on any atom is 0.312 e. The Bertz CT molecular complexity index is 494. The molecular formula is C10H15N5O3S. The smallest absolute Gasteiger partial charge is 0.312 e. The van der Waals surface area contributed by atoms with Crippen LogP contribution < -0.4 is 10.6 Å². The van der Waals surface area contributed by atoms with Crippen molar-refractivity contribution in [1.82, 2.24) is 4.98 Å². The number of aromatic nitrogens is 1. The third-order valence-electron chi connectivity index (χ3n) is 2.44. The minimum absolute atomic E-state index is 0.173. The third-order valence-corrected chi connectivity index (χ3v) is 3.03. The van der Waals surface area contributed by atoms with E-state index in [9.17, 15) is 10.1 Å². The molecule has 0 fully saturated rings. The average Bonchev–Trinajstić information content (AvgIpc) is 2.43. The van der Waals surface area contributed by atoms with Crippen molar-refractivity contribution >= 4 is 29.1 Å². The van der Waals surface area contributed by atoms with Gasteiger partial charge in [0.05, 0.1) is 4.92 Å². The van der Waals surface area contributed by atoms with Gasteiger partial charge in [-0.3, -0.25) is 10.1 Å². The summed E-state index contributed by atoms with van der Waals surface area (Å²) < 4.78 is 0. The molecule has 8 nitrogen and oxygen atoms in total. The predicted molar refractivity (Wildman–Crippen MR) is 75.1 cm³/mol. The monoisotopic (exact) mass is 285 g/mol. The average molecular weight is 285 g/mol. The van der Waals surface area contributed by atoms with E-state index in [0.717, 1.165) is 5.75 Å². The Balaban J connectivity index is 3.15. The molecule has 0 aliphatic heterocycles. The number of hydrogen-bond acceptors (Lipinski definition) is 7. The highest BCUT2D eigenvalue weighted by atomic mass is 32.2. The number of oxime groups is 1. The molecule has 0 aliphatic carbocycles. The molecule has 3 N–H and O–H groups in total. The van der Waals surface area contributed by atoms with E-state index in [-0.39, 0.29) is 22.9 Å². The van der Waals surface area contributed by atoms with Crippen LogP contribution >= 0.6 is 11.8 Å². The molecule has 1 aromatic rings. The van der Waals surface area contributed by atoms with Crippen molar-refractivity contribution in [3.63, 3.8) is 0 Å². The fraction of sp³-hybridized carbons (Fsp3) is 0.400. The lowest BCUT2D eigenvalue weighted by atomic mass is 10.2. The molecule has 0 amide bonds. The minimum atomic E-state index is -0.536. The SMILES string of the molecule is CSCCN(C)c1ncc(C(N)=NO)cc1[N+](=O)[O-]. The Morgan fingerprint density at radius 2 is 2.42 bits per heavy atom. The van der Waals surface area contributed by atoms with Gasteiger partial charge in [0.1, 0.15) is 0 Å². The van der Waals surface area contributed by atoms with E-state index < -0.39 is 4.92 Å². The standard InChI is InChI=1S/C10H15N5O3S/c1-14(3-4-19-2)10-8(15(17)18)5-7(6-12-10)9(11)13-16/h5-6,16H,3-4H2,1-2H3,(H2,11,13). The number of nitro groups is 1. The Kier molecular flexibility index (Phi) is 5.37. The first-order chi connectivity index (χ1) is 9.01. The summed E-state index contributed by atoms with van der Waals surface area (Å²) in [7, 11) is 1.73. The van der Waals surface area contributed by atoms with Crippen LogP contribution in [0.1, 0.15) is 5.56 Å². The first kappa shape index (κ1) is 15.0. The highest BCUT2D eigenvalue weighted by Crippen LogP contribution is 2.25. The molecule has 1 heterocycles. The van der Waals surface area contributed by atoms with Gasteiger partial charge in [-0.2, -0.15) is 11.8 Å². The lowest BCUT2D eigenvalue weighted by Crippen LogP contribution is -2.23. The Hall–Kier alpha value is -2.03. The number of thioether (sulfide) groups is 1. The Morgan fingerprint density at radius 1 is 1.74 bits per heavy atom. The van der Waals surface area contributed by atoms with E-state index in [2.05, 4.69) is 10.1 Å². The topological polar surface area (TPSA) is 118 Å². The minimum Gasteiger partial charge on any atom is -0.409 e. The molecule has 104 valence electrons. The number of pyridine rings is 1. The fourth-order valence-corrected chi connectivity index (χ4v) is 1.86. The van der Waals surface area contributed by atoms with Crippen molar-refractivity contribution in [2.24, 2.45) is 10.9 Å². The lowest BCUT2D eigenvalue weighted by molar-refractivity contribution is -0.384. The van der Waals surface area contributed by atoms with E-state index in [4.69, 9.17) is 10.9 Å². The van der Waals surface area contributed by atoms with Crippen molar-refractivity contribution in [3.05, 3.63) is 27.9 Å².